The summed E-state index contributed by atoms with van der Waals surface area (Å²) in [6, 6.07) is 14.1. The van der Waals surface area contributed by atoms with Gasteiger partial charge in [-0.15, -0.1) is 0 Å². The van der Waals surface area contributed by atoms with Crippen LogP contribution in [0.25, 0.3) is 0 Å². The molecule has 3 amide bonds. The van der Waals surface area contributed by atoms with Crippen LogP contribution in [0.2, 0.25) is 0 Å². The van der Waals surface area contributed by atoms with Crippen LogP contribution in [-0.4, -0.2) is 45.5 Å². The second kappa shape index (κ2) is 8.64. The monoisotopic (exact) mass is 396 g/mol. The number of nitrogens with zero attached hydrogens (tertiary/aromatic N) is 2. The molecule has 0 aromatic heterocycles. The van der Waals surface area contributed by atoms with Crippen molar-refractivity contribution in [3.8, 4) is 5.75 Å². The molecule has 0 saturated carbocycles. The Hall–Kier alpha value is -3.55. The maximum Gasteiger partial charge on any atom is 0.269 e. The van der Waals surface area contributed by atoms with E-state index in [0.717, 1.165) is 5.69 Å². The number of hydrogen-bond donors (Lipinski definition) is 2. The summed E-state index contributed by atoms with van der Waals surface area (Å²) in [5.41, 5.74) is 6.86. The van der Waals surface area contributed by atoms with Crippen molar-refractivity contribution in [2.45, 2.75) is 6.42 Å². The van der Waals surface area contributed by atoms with Gasteiger partial charge in [0.05, 0.1) is 13.0 Å². The van der Waals surface area contributed by atoms with Crippen LogP contribution in [0, 0.1) is 5.92 Å². The minimum atomic E-state index is -0.544. The number of amides is 3. The Bertz CT molecular complexity index is 911. The van der Waals surface area contributed by atoms with Crippen LogP contribution in [-0.2, 0) is 9.59 Å². The number of ether oxygens (including phenoxy) is 1. The molecular formula is C21H24N4O4. The number of hydrogen-bond acceptors (Lipinski definition) is 5. The molecule has 1 fully saturated rings. The summed E-state index contributed by atoms with van der Waals surface area (Å²) in [5.74, 6) is -0.807. The lowest BCUT2D eigenvalue weighted by Gasteiger charge is -2.17. The summed E-state index contributed by atoms with van der Waals surface area (Å²) in [6.07, 6.45) is 0.0872. The SMILES string of the molecule is COc1ccc(N2CC(C(=O)NNC(=O)c3cccc(N(C)C)c3)CC2=O)cc1. The van der Waals surface area contributed by atoms with E-state index in [1.807, 2.05) is 25.1 Å². The van der Waals surface area contributed by atoms with E-state index in [2.05, 4.69) is 10.9 Å². The van der Waals surface area contributed by atoms with Crippen LogP contribution < -0.4 is 25.4 Å². The third-order valence-electron chi connectivity index (χ3n) is 4.80. The van der Waals surface area contributed by atoms with Gasteiger partial charge in [-0.2, -0.15) is 0 Å². The lowest BCUT2D eigenvalue weighted by atomic mass is 10.1. The molecule has 0 aliphatic carbocycles. The van der Waals surface area contributed by atoms with E-state index in [4.69, 9.17) is 4.74 Å². The summed E-state index contributed by atoms with van der Waals surface area (Å²) < 4.78 is 5.12. The van der Waals surface area contributed by atoms with E-state index in [1.165, 1.54) is 0 Å². The number of nitrogens with one attached hydrogen (secondary N) is 2. The van der Waals surface area contributed by atoms with Gasteiger partial charge in [0.2, 0.25) is 11.8 Å². The molecule has 0 radical (unpaired) electrons. The number of carbonyl (C=O) groups excluding carboxylic acids is 3. The van der Waals surface area contributed by atoms with Gasteiger partial charge >= 0.3 is 0 Å². The summed E-state index contributed by atoms with van der Waals surface area (Å²) in [7, 11) is 5.33. The van der Waals surface area contributed by atoms with Crippen molar-refractivity contribution in [3.63, 3.8) is 0 Å². The molecule has 152 valence electrons. The average molecular weight is 396 g/mol. The molecule has 3 rings (SSSR count). The molecule has 0 spiro atoms. The van der Waals surface area contributed by atoms with Crippen molar-refractivity contribution in [1.29, 1.82) is 0 Å². The molecule has 8 heteroatoms. The Morgan fingerprint density at radius 2 is 1.83 bits per heavy atom. The fourth-order valence-electron chi connectivity index (χ4n) is 3.11. The molecule has 29 heavy (non-hydrogen) atoms. The van der Waals surface area contributed by atoms with E-state index in [0.29, 0.717) is 17.0 Å². The smallest absolute Gasteiger partial charge is 0.269 e. The standard InChI is InChI=1S/C21H24N4O4/c1-24(2)17-6-4-5-14(11-17)20(27)22-23-21(28)15-12-19(26)25(13-15)16-7-9-18(29-3)10-8-16/h4-11,15H,12-13H2,1-3H3,(H,22,27)(H,23,28). The molecule has 1 aliphatic heterocycles. The molecule has 8 nitrogen and oxygen atoms in total. The molecule has 1 heterocycles. The Balaban J connectivity index is 1.57. The number of anilines is 2. The van der Waals surface area contributed by atoms with Gasteiger partial charge in [-0.1, -0.05) is 6.07 Å². The van der Waals surface area contributed by atoms with Crippen molar-refractivity contribution in [1.82, 2.24) is 10.9 Å². The number of carbonyl (C=O) groups is 3. The van der Waals surface area contributed by atoms with E-state index < -0.39 is 17.7 Å². The highest BCUT2D eigenvalue weighted by molar-refractivity contribution is 6.01. The van der Waals surface area contributed by atoms with Gasteiger partial charge in [-0.3, -0.25) is 25.2 Å². The largest absolute Gasteiger partial charge is 0.497 e. The van der Waals surface area contributed by atoms with Gasteiger partial charge in [-0.05, 0) is 42.5 Å². The molecule has 1 aliphatic rings. The van der Waals surface area contributed by atoms with Gasteiger partial charge in [0.15, 0.2) is 0 Å². The first-order chi connectivity index (χ1) is 13.9. The topological polar surface area (TPSA) is 91.0 Å². The Kier molecular flexibility index (Phi) is 6.01. The van der Waals surface area contributed by atoms with Crippen molar-refractivity contribution in [2.75, 3.05) is 37.5 Å². The quantitative estimate of drug-likeness (QED) is 0.749. The zero-order valence-corrected chi connectivity index (χ0v) is 16.6. The predicted octanol–water partition coefficient (Wildman–Crippen LogP) is 1.58. The summed E-state index contributed by atoms with van der Waals surface area (Å²) >= 11 is 0. The Morgan fingerprint density at radius 1 is 1.10 bits per heavy atom. The molecule has 1 unspecified atom stereocenters. The first-order valence-corrected chi connectivity index (χ1v) is 9.21. The van der Waals surface area contributed by atoms with E-state index in [9.17, 15) is 14.4 Å². The fraction of sp³-hybridized carbons (Fsp3) is 0.286. The summed E-state index contributed by atoms with van der Waals surface area (Å²) in [4.78, 5) is 40.5. The molecule has 2 aromatic carbocycles. The third kappa shape index (κ3) is 4.66. The maximum absolute atomic E-state index is 12.4. The second-order valence-electron chi connectivity index (χ2n) is 6.99. The van der Waals surface area contributed by atoms with Crippen molar-refractivity contribution < 1.29 is 19.1 Å². The zero-order chi connectivity index (χ0) is 21.0. The lowest BCUT2D eigenvalue weighted by molar-refractivity contribution is -0.126. The van der Waals surface area contributed by atoms with Crippen LogP contribution >= 0.6 is 0 Å². The minimum absolute atomic E-state index is 0.0872. The highest BCUT2D eigenvalue weighted by atomic mass is 16.5. The van der Waals surface area contributed by atoms with Gasteiger partial charge in [0, 0.05) is 44.0 Å². The van der Waals surface area contributed by atoms with Crippen LogP contribution in [0.5, 0.6) is 5.75 Å². The number of benzene rings is 2. The Morgan fingerprint density at radius 3 is 2.48 bits per heavy atom. The number of methoxy groups -OCH3 is 1. The summed E-state index contributed by atoms with van der Waals surface area (Å²) in [6.45, 7) is 0.253. The molecule has 1 atom stereocenters. The molecule has 2 aromatic rings. The molecule has 0 bridgehead atoms. The van der Waals surface area contributed by atoms with Gasteiger partial charge in [0.25, 0.3) is 5.91 Å². The van der Waals surface area contributed by atoms with Gasteiger partial charge in [-0.25, -0.2) is 0 Å². The van der Waals surface area contributed by atoms with Crippen molar-refractivity contribution >= 4 is 29.1 Å². The average Bonchev–Trinajstić information content (AvgIpc) is 3.13. The molecule has 1 saturated heterocycles. The Labute approximate surface area is 169 Å². The van der Waals surface area contributed by atoms with Crippen molar-refractivity contribution in [2.24, 2.45) is 5.92 Å². The third-order valence-corrected chi connectivity index (χ3v) is 4.80. The highest BCUT2D eigenvalue weighted by Gasteiger charge is 2.35. The zero-order valence-electron chi connectivity index (χ0n) is 16.6. The number of hydrazine groups is 1. The van der Waals surface area contributed by atoms with Gasteiger partial charge < -0.3 is 14.5 Å². The first kappa shape index (κ1) is 20.2. The fourth-order valence-corrected chi connectivity index (χ4v) is 3.11. The molecule has 2 N–H and O–H groups in total. The maximum atomic E-state index is 12.4. The van der Waals surface area contributed by atoms with Crippen LogP contribution in [0.3, 0.4) is 0 Å². The second-order valence-corrected chi connectivity index (χ2v) is 6.99. The van der Waals surface area contributed by atoms with E-state index >= 15 is 0 Å². The highest BCUT2D eigenvalue weighted by Crippen LogP contribution is 2.26. The first-order valence-electron chi connectivity index (χ1n) is 9.21. The van der Waals surface area contributed by atoms with Crippen LogP contribution in [0.4, 0.5) is 11.4 Å². The molecular weight excluding hydrogens is 372 g/mol. The predicted molar refractivity (Wildman–Crippen MR) is 110 cm³/mol. The number of rotatable bonds is 5. The van der Waals surface area contributed by atoms with Gasteiger partial charge in [0.1, 0.15) is 5.75 Å². The van der Waals surface area contributed by atoms with E-state index in [1.54, 1.807) is 54.5 Å². The van der Waals surface area contributed by atoms with E-state index in [-0.39, 0.29) is 18.9 Å². The van der Waals surface area contributed by atoms with Crippen molar-refractivity contribution in [3.05, 3.63) is 54.1 Å². The van der Waals surface area contributed by atoms with Crippen LogP contribution in [0.15, 0.2) is 48.5 Å². The minimum Gasteiger partial charge on any atom is -0.497 e. The normalized spacial score (nSPS) is 15.8. The van der Waals surface area contributed by atoms with Crippen LogP contribution in [0.1, 0.15) is 16.8 Å². The summed E-state index contributed by atoms with van der Waals surface area (Å²) in [5, 5.41) is 0. The lowest BCUT2D eigenvalue weighted by Crippen LogP contribution is -2.45.